The highest BCUT2D eigenvalue weighted by atomic mass is 32.2. The highest BCUT2D eigenvalue weighted by Gasteiger charge is 2.14. The van der Waals surface area contributed by atoms with Gasteiger partial charge >= 0.3 is 0 Å². The summed E-state index contributed by atoms with van der Waals surface area (Å²) < 4.78 is 0. The Bertz CT molecular complexity index is 168. The number of carbonyl (C=O) groups is 1. The maximum absolute atomic E-state index is 11.7. The molecular weight excluding hydrogens is 196 g/mol. The number of hydrogen-bond donors (Lipinski definition) is 1. The van der Waals surface area contributed by atoms with Gasteiger partial charge in [0, 0.05) is 31.8 Å². The molecule has 1 heterocycles. The van der Waals surface area contributed by atoms with Gasteiger partial charge < -0.3 is 10.2 Å². The summed E-state index contributed by atoms with van der Waals surface area (Å²) in [6.07, 6.45) is 1.80. The van der Waals surface area contributed by atoms with Crippen molar-refractivity contribution in [3.63, 3.8) is 0 Å². The molecule has 14 heavy (non-hydrogen) atoms. The molecular formula is C10H20N2OS. The predicted molar refractivity (Wildman–Crippen MR) is 61.7 cm³/mol. The summed E-state index contributed by atoms with van der Waals surface area (Å²) in [6, 6.07) is 0. The van der Waals surface area contributed by atoms with E-state index in [1.165, 1.54) is 5.75 Å². The van der Waals surface area contributed by atoms with E-state index in [1.807, 2.05) is 16.7 Å². The van der Waals surface area contributed by atoms with E-state index in [0.29, 0.717) is 12.3 Å². The molecule has 0 aromatic heterocycles. The molecule has 1 rings (SSSR count). The summed E-state index contributed by atoms with van der Waals surface area (Å²) in [5.74, 6) is 2.62. The Morgan fingerprint density at radius 2 is 2.29 bits per heavy atom. The third-order valence-electron chi connectivity index (χ3n) is 2.34. The molecule has 0 aromatic carbocycles. The molecule has 1 aliphatic rings. The van der Waals surface area contributed by atoms with Crippen molar-refractivity contribution in [2.75, 3.05) is 37.7 Å². The fourth-order valence-corrected chi connectivity index (χ4v) is 2.41. The Balaban J connectivity index is 2.20. The highest BCUT2D eigenvalue weighted by molar-refractivity contribution is 7.99. The molecule has 1 amide bonds. The zero-order valence-electron chi connectivity index (χ0n) is 8.92. The summed E-state index contributed by atoms with van der Waals surface area (Å²) in [6.45, 7) is 5.72. The maximum atomic E-state index is 11.7. The average molecular weight is 216 g/mol. The molecule has 0 saturated carbocycles. The van der Waals surface area contributed by atoms with E-state index in [4.69, 9.17) is 0 Å². The van der Waals surface area contributed by atoms with Crippen LogP contribution in [-0.4, -0.2) is 48.5 Å². The number of thioether (sulfide) groups is 1. The van der Waals surface area contributed by atoms with Gasteiger partial charge in [-0.3, -0.25) is 4.79 Å². The van der Waals surface area contributed by atoms with Crippen molar-refractivity contribution in [2.24, 2.45) is 0 Å². The topological polar surface area (TPSA) is 32.3 Å². The predicted octanol–water partition coefficient (Wildman–Crippen LogP) is 0.952. The van der Waals surface area contributed by atoms with E-state index in [1.54, 1.807) is 0 Å². The first-order chi connectivity index (χ1) is 6.84. The van der Waals surface area contributed by atoms with Crippen LogP contribution >= 0.6 is 11.8 Å². The standard InChI is InChI=1S/C10H20N2OS/c1-2-11-5-4-10(13)12-6-3-8-14-9-7-12/h11H,2-9H2,1H3. The van der Waals surface area contributed by atoms with Crippen molar-refractivity contribution in [1.82, 2.24) is 10.2 Å². The number of nitrogens with zero attached hydrogens (tertiary/aromatic N) is 1. The first kappa shape index (κ1) is 11.9. The summed E-state index contributed by atoms with van der Waals surface area (Å²) in [4.78, 5) is 13.7. The third kappa shape index (κ3) is 4.33. The summed E-state index contributed by atoms with van der Waals surface area (Å²) in [5, 5.41) is 3.18. The molecule has 4 heteroatoms. The van der Waals surface area contributed by atoms with Crippen molar-refractivity contribution in [1.29, 1.82) is 0 Å². The van der Waals surface area contributed by atoms with Crippen LogP contribution in [-0.2, 0) is 4.79 Å². The lowest BCUT2D eigenvalue weighted by Crippen LogP contribution is -2.34. The first-order valence-corrected chi connectivity index (χ1v) is 6.56. The van der Waals surface area contributed by atoms with E-state index in [9.17, 15) is 4.79 Å². The number of hydrogen-bond acceptors (Lipinski definition) is 3. The highest BCUT2D eigenvalue weighted by Crippen LogP contribution is 2.10. The molecule has 0 aliphatic carbocycles. The van der Waals surface area contributed by atoms with Crippen molar-refractivity contribution in [2.45, 2.75) is 19.8 Å². The van der Waals surface area contributed by atoms with Gasteiger partial charge in [-0.15, -0.1) is 0 Å². The Morgan fingerprint density at radius 1 is 1.43 bits per heavy atom. The lowest BCUT2D eigenvalue weighted by atomic mass is 10.3. The Morgan fingerprint density at radius 3 is 3.07 bits per heavy atom. The lowest BCUT2D eigenvalue weighted by Gasteiger charge is -2.19. The van der Waals surface area contributed by atoms with Crippen LogP contribution in [0.5, 0.6) is 0 Å². The second-order valence-corrected chi connectivity index (χ2v) is 4.68. The van der Waals surface area contributed by atoms with Crippen LogP contribution < -0.4 is 5.32 Å². The monoisotopic (exact) mass is 216 g/mol. The molecule has 0 radical (unpaired) electrons. The summed E-state index contributed by atoms with van der Waals surface area (Å²) in [5.41, 5.74) is 0. The summed E-state index contributed by atoms with van der Waals surface area (Å²) in [7, 11) is 0. The van der Waals surface area contributed by atoms with Crippen LogP contribution in [0.25, 0.3) is 0 Å². The largest absolute Gasteiger partial charge is 0.342 e. The molecule has 1 saturated heterocycles. The lowest BCUT2D eigenvalue weighted by molar-refractivity contribution is -0.130. The van der Waals surface area contributed by atoms with Crippen LogP contribution in [0.3, 0.4) is 0 Å². The SMILES string of the molecule is CCNCCC(=O)N1CCCSCC1. The quantitative estimate of drug-likeness (QED) is 0.710. The average Bonchev–Trinajstić information content (AvgIpc) is 2.46. The molecule has 1 fully saturated rings. The van der Waals surface area contributed by atoms with Crippen LogP contribution in [0, 0.1) is 0 Å². The molecule has 0 spiro atoms. The van der Waals surface area contributed by atoms with E-state index in [2.05, 4.69) is 12.2 Å². The molecule has 0 aromatic rings. The smallest absolute Gasteiger partial charge is 0.223 e. The van der Waals surface area contributed by atoms with E-state index >= 15 is 0 Å². The van der Waals surface area contributed by atoms with Gasteiger partial charge in [0.15, 0.2) is 0 Å². The van der Waals surface area contributed by atoms with Gasteiger partial charge in [0.05, 0.1) is 0 Å². The van der Waals surface area contributed by atoms with E-state index in [-0.39, 0.29) is 0 Å². The van der Waals surface area contributed by atoms with Crippen LogP contribution in [0.1, 0.15) is 19.8 Å². The van der Waals surface area contributed by atoms with Crippen LogP contribution in [0.4, 0.5) is 0 Å². The number of rotatable bonds is 4. The molecule has 3 nitrogen and oxygen atoms in total. The van der Waals surface area contributed by atoms with Gasteiger partial charge in [-0.1, -0.05) is 6.92 Å². The summed E-state index contributed by atoms with van der Waals surface area (Å²) >= 11 is 1.96. The Labute approximate surface area is 90.6 Å². The third-order valence-corrected chi connectivity index (χ3v) is 3.39. The zero-order chi connectivity index (χ0) is 10.2. The maximum Gasteiger partial charge on any atom is 0.223 e. The van der Waals surface area contributed by atoms with Crippen LogP contribution in [0.15, 0.2) is 0 Å². The van der Waals surface area contributed by atoms with Crippen molar-refractivity contribution in [3.8, 4) is 0 Å². The van der Waals surface area contributed by atoms with Gasteiger partial charge in [0.25, 0.3) is 0 Å². The Kier molecular flexibility index (Phi) is 6.03. The van der Waals surface area contributed by atoms with Gasteiger partial charge in [0.2, 0.25) is 5.91 Å². The fraction of sp³-hybridized carbons (Fsp3) is 0.900. The number of carbonyl (C=O) groups excluding carboxylic acids is 1. The normalized spacial score (nSPS) is 17.9. The molecule has 1 aliphatic heterocycles. The van der Waals surface area contributed by atoms with Gasteiger partial charge in [-0.05, 0) is 18.7 Å². The Hall–Kier alpha value is -0.220. The van der Waals surface area contributed by atoms with Gasteiger partial charge in [-0.25, -0.2) is 0 Å². The minimum Gasteiger partial charge on any atom is -0.342 e. The molecule has 0 bridgehead atoms. The molecule has 1 N–H and O–H groups in total. The molecule has 0 atom stereocenters. The minimum atomic E-state index is 0.313. The minimum absolute atomic E-state index is 0.313. The zero-order valence-corrected chi connectivity index (χ0v) is 9.74. The number of amides is 1. The molecule has 0 unspecified atom stereocenters. The second-order valence-electron chi connectivity index (χ2n) is 3.45. The van der Waals surface area contributed by atoms with Crippen LogP contribution in [0.2, 0.25) is 0 Å². The van der Waals surface area contributed by atoms with Crippen molar-refractivity contribution >= 4 is 17.7 Å². The van der Waals surface area contributed by atoms with E-state index in [0.717, 1.165) is 38.4 Å². The molecule has 82 valence electrons. The number of nitrogens with one attached hydrogen (secondary N) is 1. The first-order valence-electron chi connectivity index (χ1n) is 5.41. The van der Waals surface area contributed by atoms with Gasteiger partial charge in [0.1, 0.15) is 0 Å². The second kappa shape index (κ2) is 7.12. The van der Waals surface area contributed by atoms with E-state index < -0.39 is 0 Å². The van der Waals surface area contributed by atoms with Gasteiger partial charge in [-0.2, -0.15) is 11.8 Å². The van der Waals surface area contributed by atoms with Crippen molar-refractivity contribution < 1.29 is 4.79 Å². The van der Waals surface area contributed by atoms with Crippen molar-refractivity contribution in [3.05, 3.63) is 0 Å². The fourth-order valence-electron chi connectivity index (χ4n) is 1.53.